The first-order valence-electron chi connectivity index (χ1n) is 17.7. The van der Waals surface area contributed by atoms with E-state index in [2.05, 4.69) is 50.3 Å². The number of methoxy groups -OCH3 is 1. The van der Waals surface area contributed by atoms with E-state index in [0.29, 0.717) is 12.8 Å². The van der Waals surface area contributed by atoms with Crippen LogP contribution in [0.1, 0.15) is 181 Å². The molecule has 0 fully saturated rings. The Bertz CT molecular complexity index is 708. The van der Waals surface area contributed by atoms with Crippen molar-refractivity contribution in [3.8, 4) is 0 Å². The molecule has 0 N–H and O–H groups in total. The number of carbonyl (C=O) groups excluding carboxylic acids is 2. The molecule has 0 radical (unpaired) electrons. The Morgan fingerprint density at radius 1 is 0.548 bits per heavy atom. The van der Waals surface area contributed by atoms with E-state index < -0.39 is 11.6 Å². The maximum Gasteiger partial charge on any atom is 0.350 e. The van der Waals surface area contributed by atoms with Crippen LogP contribution in [0.2, 0.25) is 0 Å². The van der Waals surface area contributed by atoms with E-state index in [4.69, 9.17) is 9.47 Å². The minimum Gasteiger partial charge on any atom is -0.466 e. The molecule has 0 aromatic rings. The first kappa shape index (κ1) is 40.2. The van der Waals surface area contributed by atoms with Crippen LogP contribution in [0.4, 0.5) is 0 Å². The van der Waals surface area contributed by atoms with Crippen LogP contribution in [-0.4, -0.2) is 24.6 Å². The number of rotatable bonds is 30. The Hall–Kier alpha value is -1.84. The van der Waals surface area contributed by atoms with E-state index in [9.17, 15) is 9.59 Å². The van der Waals surface area contributed by atoms with Crippen molar-refractivity contribution >= 4 is 11.9 Å². The second kappa shape index (κ2) is 30.6. The molecule has 0 saturated carbocycles. The van der Waals surface area contributed by atoms with Gasteiger partial charge in [0, 0.05) is 6.42 Å². The Morgan fingerprint density at radius 2 is 0.952 bits per heavy atom. The lowest BCUT2D eigenvalue weighted by Gasteiger charge is -2.26. The third-order valence-corrected chi connectivity index (χ3v) is 7.95. The monoisotopic (exact) mass is 589 g/mol. The van der Waals surface area contributed by atoms with Crippen molar-refractivity contribution in [1.29, 1.82) is 0 Å². The minimum absolute atomic E-state index is 0.287. The number of carbonyl (C=O) groups is 2. The summed E-state index contributed by atoms with van der Waals surface area (Å²) in [5.74, 6) is -0.740. The average molecular weight is 589 g/mol. The van der Waals surface area contributed by atoms with E-state index >= 15 is 0 Å². The summed E-state index contributed by atoms with van der Waals surface area (Å²) >= 11 is 0. The van der Waals surface area contributed by atoms with Crippen LogP contribution >= 0.6 is 0 Å². The summed E-state index contributed by atoms with van der Waals surface area (Å²) in [6.45, 7) is 6.20. The summed E-state index contributed by atoms with van der Waals surface area (Å²) in [6, 6.07) is 0. The first-order chi connectivity index (χ1) is 20.5. The number of allylic oxidation sites excluding steroid dienone is 6. The largest absolute Gasteiger partial charge is 0.466 e. The zero-order valence-corrected chi connectivity index (χ0v) is 28.3. The molecule has 0 amide bonds. The molecule has 1 unspecified atom stereocenters. The first-order valence-corrected chi connectivity index (χ1v) is 17.7. The van der Waals surface area contributed by atoms with E-state index in [-0.39, 0.29) is 5.97 Å². The van der Waals surface area contributed by atoms with Crippen LogP contribution in [0.25, 0.3) is 0 Å². The summed E-state index contributed by atoms with van der Waals surface area (Å²) in [5.41, 5.74) is -1.18. The van der Waals surface area contributed by atoms with Gasteiger partial charge in [-0.1, -0.05) is 127 Å². The van der Waals surface area contributed by atoms with Gasteiger partial charge in [-0.3, -0.25) is 4.79 Å². The van der Waals surface area contributed by atoms with Gasteiger partial charge in [0.15, 0.2) is 0 Å². The summed E-state index contributed by atoms with van der Waals surface area (Å²) in [7, 11) is 1.37. The second-order valence-corrected chi connectivity index (χ2v) is 12.2. The highest BCUT2D eigenvalue weighted by Crippen LogP contribution is 2.23. The molecule has 4 heteroatoms. The smallest absolute Gasteiger partial charge is 0.350 e. The lowest BCUT2D eigenvalue weighted by atomic mass is 9.97. The fourth-order valence-corrected chi connectivity index (χ4v) is 5.15. The molecule has 0 aromatic carbocycles. The van der Waals surface area contributed by atoms with Crippen LogP contribution in [0.5, 0.6) is 0 Å². The molecule has 0 aliphatic carbocycles. The number of esters is 2. The fourth-order valence-electron chi connectivity index (χ4n) is 5.15. The van der Waals surface area contributed by atoms with E-state index in [1.54, 1.807) is 6.92 Å². The standard InChI is InChI=1S/C38H68O4/c1-5-7-9-11-13-15-17-19-21-22-24-26-28-30-32-34-36(39)42-38(3,37(40)41-4)35-33-31-29-27-25-23-20-18-16-14-12-10-8-6-2/h14,16,19-21,23H,5-13,15,17-18,22,24-35H2,1-4H3/b16-14-,21-19-,23-20-. The topological polar surface area (TPSA) is 52.6 Å². The van der Waals surface area contributed by atoms with Gasteiger partial charge in [-0.05, 0) is 84.0 Å². The van der Waals surface area contributed by atoms with Gasteiger partial charge >= 0.3 is 11.9 Å². The van der Waals surface area contributed by atoms with Gasteiger partial charge < -0.3 is 9.47 Å². The van der Waals surface area contributed by atoms with E-state index in [0.717, 1.165) is 64.2 Å². The summed E-state index contributed by atoms with van der Waals surface area (Å²) < 4.78 is 10.7. The quantitative estimate of drug-likeness (QED) is 0.0476. The molecule has 42 heavy (non-hydrogen) atoms. The second-order valence-electron chi connectivity index (χ2n) is 12.2. The molecular weight excluding hydrogens is 520 g/mol. The highest BCUT2D eigenvalue weighted by molar-refractivity contribution is 5.83. The van der Waals surface area contributed by atoms with Gasteiger partial charge in [-0.25, -0.2) is 4.79 Å². The zero-order chi connectivity index (χ0) is 31.0. The third-order valence-electron chi connectivity index (χ3n) is 7.95. The Balaban J connectivity index is 3.92. The molecule has 0 heterocycles. The fraction of sp³-hybridized carbons (Fsp3) is 0.789. The van der Waals surface area contributed by atoms with Crippen molar-refractivity contribution in [2.24, 2.45) is 0 Å². The van der Waals surface area contributed by atoms with Crippen LogP contribution in [-0.2, 0) is 19.1 Å². The maximum absolute atomic E-state index is 12.5. The van der Waals surface area contributed by atoms with E-state index in [1.165, 1.54) is 90.6 Å². The van der Waals surface area contributed by atoms with Gasteiger partial charge in [-0.2, -0.15) is 0 Å². The highest BCUT2D eigenvalue weighted by atomic mass is 16.6. The maximum atomic E-state index is 12.5. The Kier molecular flexibility index (Phi) is 29.3. The molecule has 0 aromatic heterocycles. The predicted octanol–water partition coefficient (Wildman–Crippen LogP) is 11.9. The van der Waals surface area contributed by atoms with Crippen molar-refractivity contribution < 1.29 is 19.1 Å². The van der Waals surface area contributed by atoms with Crippen LogP contribution < -0.4 is 0 Å². The van der Waals surface area contributed by atoms with Gasteiger partial charge in [0.2, 0.25) is 5.60 Å². The lowest BCUT2D eigenvalue weighted by Crippen LogP contribution is -2.41. The summed E-state index contributed by atoms with van der Waals surface area (Å²) in [6.07, 6.45) is 41.8. The van der Waals surface area contributed by atoms with Crippen molar-refractivity contribution in [3.05, 3.63) is 36.5 Å². The van der Waals surface area contributed by atoms with Gasteiger partial charge in [0.05, 0.1) is 7.11 Å². The summed E-state index contributed by atoms with van der Waals surface area (Å²) in [5, 5.41) is 0. The molecule has 0 saturated heterocycles. The number of hydrogen-bond acceptors (Lipinski definition) is 4. The predicted molar refractivity (Wildman–Crippen MR) is 181 cm³/mol. The van der Waals surface area contributed by atoms with Crippen molar-refractivity contribution in [2.45, 2.75) is 187 Å². The van der Waals surface area contributed by atoms with Gasteiger partial charge in [-0.15, -0.1) is 0 Å². The minimum atomic E-state index is -1.18. The molecule has 1 atom stereocenters. The van der Waals surface area contributed by atoms with Crippen molar-refractivity contribution in [3.63, 3.8) is 0 Å². The number of hydrogen-bond donors (Lipinski definition) is 0. The van der Waals surface area contributed by atoms with Crippen LogP contribution in [0.3, 0.4) is 0 Å². The van der Waals surface area contributed by atoms with Crippen LogP contribution in [0.15, 0.2) is 36.5 Å². The molecule has 244 valence electrons. The SMILES string of the molecule is CCCCC/C=C\C/C=C\CCCCCCC(C)(OC(=O)CCCCCCC/C=C\CCCCCCCC)C(=O)OC. The molecule has 0 spiro atoms. The zero-order valence-electron chi connectivity index (χ0n) is 28.3. The molecule has 0 rings (SSSR count). The normalized spacial score (nSPS) is 13.3. The van der Waals surface area contributed by atoms with Crippen LogP contribution in [0, 0.1) is 0 Å². The lowest BCUT2D eigenvalue weighted by molar-refractivity contribution is -0.179. The molecular formula is C38H68O4. The van der Waals surface area contributed by atoms with Gasteiger partial charge in [0.1, 0.15) is 0 Å². The number of ether oxygens (including phenoxy) is 2. The van der Waals surface area contributed by atoms with Crippen molar-refractivity contribution in [1.82, 2.24) is 0 Å². The molecule has 4 nitrogen and oxygen atoms in total. The molecule has 0 aliphatic rings. The number of unbranched alkanes of at least 4 members (excludes halogenated alkanes) is 18. The third kappa shape index (κ3) is 25.8. The average Bonchev–Trinajstić information content (AvgIpc) is 2.98. The van der Waals surface area contributed by atoms with E-state index in [1.807, 2.05) is 0 Å². The van der Waals surface area contributed by atoms with Crippen molar-refractivity contribution in [2.75, 3.05) is 7.11 Å². The molecule has 0 aliphatic heterocycles. The molecule has 0 bridgehead atoms. The highest BCUT2D eigenvalue weighted by Gasteiger charge is 2.37. The Morgan fingerprint density at radius 3 is 1.48 bits per heavy atom. The Labute approximate surface area is 261 Å². The summed E-state index contributed by atoms with van der Waals surface area (Å²) in [4.78, 5) is 24.9. The van der Waals surface area contributed by atoms with Gasteiger partial charge in [0.25, 0.3) is 0 Å².